The molecule has 0 spiro atoms. The van der Waals surface area contributed by atoms with Crippen LogP contribution in [0.2, 0.25) is 0 Å². The van der Waals surface area contributed by atoms with Crippen molar-refractivity contribution in [3.05, 3.63) is 23.7 Å². The minimum Gasteiger partial charge on any atom is -0.369 e. The Bertz CT molecular complexity index is 1020. The van der Waals surface area contributed by atoms with Crippen molar-refractivity contribution in [1.82, 2.24) is 29.5 Å². The summed E-state index contributed by atoms with van der Waals surface area (Å²) in [7, 11) is 0. The van der Waals surface area contributed by atoms with Crippen LogP contribution in [-0.4, -0.2) is 74.7 Å². The number of halogens is 3. The number of likely N-dealkylation sites (tertiary alicyclic amines) is 2. The maximum Gasteiger partial charge on any atom is 0.421 e. The lowest BCUT2D eigenvalue weighted by molar-refractivity contribution is -0.137. The van der Waals surface area contributed by atoms with Gasteiger partial charge in [-0.25, -0.2) is 4.98 Å². The van der Waals surface area contributed by atoms with Gasteiger partial charge in [0.05, 0.1) is 17.9 Å². The van der Waals surface area contributed by atoms with Gasteiger partial charge in [-0.15, -0.1) is 0 Å². The number of carbonyl (C=O) groups is 1. The molecule has 0 unspecified atom stereocenters. The van der Waals surface area contributed by atoms with Crippen molar-refractivity contribution in [3.8, 4) is 0 Å². The highest BCUT2D eigenvalue weighted by atomic mass is 19.4. The Kier molecular flexibility index (Phi) is 8.65. The third-order valence-electron chi connectivity index (χ3n) is 6.70. The number of hydrogen-bond acceptors (Lipinski definition) is 7. The van der Waals surface area contributed by atoms with Crippen molar-refractivity contribution in [3.63, 3.8) is 0 Å². The molecular weight excluding hydrogens is 473 g/mol. The first-order chi connectivity index (χ1) is 17.3. The van der Waals surface area contributed by atoms with E-state index in [0.29, 0.717) is 31.6 Å². The maximum absolute atomic E-state index is 13.6. The fourth-order valence-corrected chi connectivity index (χ4v) is 4.66. The molecule has 2 aliphatic heterocycles. The number of amides is 1. The van der Waals surface area contributed by atoms with Gasteiger partial charge in [-0.05, 0) is 52.1 Å². The Morgan fingerprint density at radius 3 is 2.56 bits per heavy atom. The van der Waals surface area contributed by atoms with E-state index in [2.05, 4.69) is 30.6 Å². The van der Waals surface area contributed by atoms with Gasteiger partial charge in [-0.1, -0.05) is 6.42 Å². The number of piperidine rings is 2. The van der Waals surface area contributed by atoms with E-state index in [9.17, 15) is 18.0 Å². The summed E-state index contributed by atoms with van der Waals surface area (Å²) in [6, 6.07) is 0. The molecule has 2 aromatic heterocycles. The van der Waals surface area contributed by atoms with Gasteiger partial charge in [-0.3, -0.25) is 9.48 Å². The van der Waals surface area contributed by atoms with Crippen LogP contribution in [0.1, 0.15) is 56.2 Å². The predicted molar refractivity (Wildman–Crippen MR) is 131 cm³/mol. The van der Waals surface area contributed by atoms with E-state index in [1.54, 1.807) is 4.90 Å². The third kappa shape index (κ3) is 7.08. The lowest BCUT2D eigenvalue weighted by atomic mass is 10.1. The van der Waals surface area contributed by atoms with E-state index < -0.39 is 11.7 Å². The molecule has 36 heavy (non-hydrogen) atoms. The topological polar surface area (TPSA) is 91.2 Å². The first-order valence-electron chi connectivity index (χ1n) is 12.8. The van der Waals surface area contributed by atoms with E-state index in [0.717, 1.165) is 50.9 Å². The quantitative estimate of drug-likeness (QED) is 0.468. The minimum atomic E-state index is -4.58. The number of aryl methyl sites for hydroxylation is 1. The molecule has 0 bridgehead atoms. The van der Waals surface area contributed by atoms with Crippen molar-refractivity contribution in [2.75, 3.05) is 49.9 Å². The average Bonchev–Trinajstić information content (AvgIpc) is 3.20. The number of anilines is 3. The fraction of sp³-hybridized carbons (Fsp3) is 0.667. The number of rotatable bonds is 10. The van der Waals surface area contributed by atoms with Crippen molar-refractivity contribution in [2.45, 2.75) is 64.6 Å². The van der Waals surface area contributed by atoms with Crippen molar-refractivity contribution in [2.24, 2.45) is 0 Å². The fourth-order valence-electron chi connectivity index (χ4n) is 4.66. The summed E-state index contributed by atoms with van der Waals surface area (Å²) >= 11 is 0. The molecule has 4 rings (SSSR count). The van der Waals surface area contributed by atoms with Crippen LogP contribution in [-0.2, 0) is 17.5 Å². The Morgan fingerprint density at radius 2 is 1.81 bits per heavy atom. The number of nitrogens with zero attached hydrogens (tertiary/aromatic N) is 6. The van der Waals surface area contributed by atoms with Gasteiger partial charge in [0, 0.05) is 45.0 Å². The maximum atomic E-state index is 13.6. The van der Waals surface area contributed by atoms with Crippen LogP contribution >= 0.6 is 0 Å². The summed E-state index contributed by atoms with van der Waals surface area (Å²) in [6.07, 6.45) is 4.71. The summed E-state index contributed by atoms with van der Waals surface area (Å²) in [5, 5.41) is 10.3. The number of alkyl halides is 3. The Morgan fingerprint density at radius 1 is 1.03 bits per heavy atom. The molecule has 4 heterocycles. The zero-order valence-electron chi connectivity index (χ0n) is 20.8. The summed E-state index contributed by atoms with van der Waals surface area (Å²) < 4.78 is 42.5. The summed E-state index contributed by atoms with van der Waals surface area (Å²) in [5.41, 5.74) is 0.455. The SMILES string of the molecule is Cc1nn(CCN2CCCCC2)cc1Nc1ncc(C(F)(F)F)c(NCCCN2CCCCC2=O)n1. The first-order valence-corrected chi connectivity index (χ1v) is 12.8. The number of hydrogen-bond donors (Lipinski definition) is 2. The van der Waals surface area contributed by atoms with Crippen LogP contribution in [0.5, 0.6) is 0 Å². The van der Waals surface area contributed by atoms with E-state index in [-0.39, 0.29) is 24.2 Å². The van der Waals surface area contributed by atoms with Gasteiger partial charge in [0.25, 0.3) is 0 Å². The van der Waals surface area contributed by atoms with Crippen LogP contribution < -0.4 is 10.6 Å². The van der Waals surface area contributed by atoms with Gasteiger partial charge in [0.2, 0.25) is 11.9 Å². The standard InChI is InChI=1S/C24H35F3N8O/c1-18-20(17-35(32-18)15-14-33-10-4-2-5-11-33)30-23-29-16-19(24(25,26)27)22(31-23)28-9-7-13-34-12-6-3-8-21(34)36/h16-17H,2-15H2,1H3,(H2,28,29,30,31). The van der Waals surface area contributed by atoms with Gasteiger partial charge >= 0.3 is 6.18 Å². The second-order valence-electron chi connectivity index (χ2n) is 9.49. The highest BCUT2D eigenvalue weighted by Crippen LogP contribution is 2.34. The molecule has 0 radical (unpaired) electrons. The van der Waals surface area contributed by atoms with Crippen LogP contribution in [0.3, 0.4) is 0 Å². The lowest BCUT2D eigenvalue weighted by Crippen LogP contribution is -2.36. The second-order valence-corrected chi connectivity index (χ2v) is 9.49. The van der Waals surface area contributed by atoms with Crippen LogP contribution in [0.4, 0.5) is 30.6 Å². The van der Waals surface area contributed by atoms with Crippen LogP contribution in [0.15, 0.2) is 12.4 Å². The number of nitrogens with one attached hydrogen (secondary N) is 2. The highest BCUT2D eigenvalue weighted by Gasteiger charge is 2.35. The van der Waals surface area contributed by atoms with Crippen LogP contribution in [0.25, 0.3) is 0 Å². The van der Waals surface area contributed by atoms with Crippen molar-refractivity contribution < 1.29 is 18.0 Å². The summed E-state index contributed by atoms with van der Waals surface area (Å²) in [5.74, 6) is -0.104. The Labute approximate surface area is 209 Å². The van der Waals surface area contributed by atoms with Gasteiger partial charge < -0.3 is 20.4 Å². The summed E-state index contributed by atoms with van der Waals surface area (Å²) in [4.78, 5) is 24.2. The molecule has 9 nitrogen and oxygen atoms in total. The van der Waals surface area contributed by atoms with Crippen molar-refractivity contribution >= 4 is 23.4 Å². The molecule has 1 amide bonds. The molecule has 2 aliphatic rings. The molecule has 198 valence electrons. The predicted octanol–water partition coefficient (Wildman–Crippen LogP) is 4.04. The molecule has 0 aromatic carbocycles. The third-order valence-corrected chi connectivity index (χ3v) is 6.70. The number of carbonyl (C=O) groups excluding carboxylic acids is 1. The molecule has 2 saturated heterocycles. The first kappa shape index (κ1) is 26.2. The normalized spacial score (nSPS) is 17.4. The Balaban J connectivity index is 1.37. The van der Waals surface area contributed by atoms with E-state index in [1.165, 1.54) is 19.3 Å². The smallest absolute Gasteiger partial charge is 0.369 e. The summed E-state index contributed by atoms with van der Waals surface area (Å²) in [6.45, 7) is 7.18. The molecule has 2 N–H and O–H groups in total. The molecule has 0 atom stereocenters. The molecule has 12 heteroatoms. The molecule has 2 aromatic rings. The molecule has 2 fully saturated rings. The molecular formula is C24H35F3N8O. The Hall–Kier alpha value is -2.89. The van der Waals surface area contributed by atoms with Gasteiger partial charge in [0.15, 0.2) is 0 Å². The molecule has 0 saturated carbocycles. The van der Waals surface area contributed by atoms with E-state index in [4.69, 9.17) is 0 Å². The minimum absolute atomic E-state index is 0.0652. The monoisotopic (exact) mass is 508 g/mol. The van der Waals surface area contributed by atoms with Gasteiger partial charge in [-0.2, -0.15) is 23.3 Å². The van der Waals surface area contributed by atoms with Crippen LogP contribution in [0, 0.1) is 6.92 Å². The largest absolute Gasteiger partial charge is 0.421 e. The van der Waals surface area contributed by atoms with E-state index in [1.807, 2.05) is 17.8 Å². The zero-order valence-corrected chi connectivity index (χ0v) is 20.8. The second kappa shape index (κ2) is 11.9. The van der Waals surface area contributed by atoms with E-state index >= 15 is 0 Å². The zero-order chi connectivity index (χ0) is 25.5. The average molecular weight is 509 g/mol. The number of aromatic nitrogens is 4. The highest BCUT2D eigenvalue weighted by molar-refractivity contribution is 5.76. The molecule has 0 aliphatic carbocycles. The van der Waals surface area contributed by atoms with Gasteiger partial charge in [0.1, 0.15) is 11.4 Å². The lowest BCUT2D eigenvalue weighted by Gasteiger charge is -2.26. The van der Waals surface area contributed by atoms with Crippen molar-refractivity contribution in [1.29, 1.82) is 0 Å².